The summed E-state index contributed by atoms with van der Waals surface area (Å²) in [5, 5.41) is 36.2. The Kier molecular flexibility index (Phi) is 21.5. The van der Waals surface area contributed by atoms with Crippen LogP contribution in [0.15, 0.2) is 36.4 Å². The minimum atomic E-state index is -0.443. The van der Waals surface area contributed by atoms with Crippen LogP contribution in [0.4, 0.5) is 0 Å². The van der Waals surface area contributed by atoms with Gasteiger partial charge >= 0.3 is 5.97 Å². The van der Waals surface area contributed by atoms with Gasteiger partial charge in [-0.1, -0.05) is 264 Å². The molecule has 69 heavy (non-hydrogen) atoms. The first-order valence-electron chi connectivity index (χ1n) is 27.5. The second-order valence-electron chi connectivity index (χ2n) is 27.2. The number of rotatable bonds is 23. The van der Waals surface area contributed by atoms with Crippen molar-refractivity contribution in [3.8, 4) is 17.2 Å². The predicted octanol–water partition coefficient (Wildman–Crippen LogP) is 18.7. The summed E-state index contributed by atoms with van der Waals surface area (Å²) in [7, 11) is 0. The van der Waals surface area contributed by atoms with Gasteiger partial charge in [-0.2, -0.15) is 0 Å². The SMILES string of the molecule is CCCCCCCCCCCCCCCCCCOC(=O)CC(c1cc(C(C)(C)C)c(O)c(C(C)(C)C)c1)C(c1cc(C(C)(C)C)c(O)c(C(C)(C)C)c1)c1cc(C(C)(C)C)c(O)c(C(C)(C)C)c1. The van der Waals surface area contributed by atoms with Crippen LogP contribution >= 0.6 is 0 Å². The molecule has 0 aliphatic rings. The van der Waals surface area contributed by atoms with E-state index in [1.165, 1.54) is 83.5 Å². The van der Waals surface area contributed by atoms with Crippen LogP contribution in [0.5, 0.6) is 17.2 Å². The molecule has 3 aromatic carbocycles. The molecule has 0 bridgehead atoms. The number of aromatic hydroxyl groups is 3. The van der Waals surface area contributed by atoms with Crippen molar-refractivity contribution >= 4 is 5.97 Å². The van der Waals surface area contributed by atoms with Gasteiger partial charge in [-0.15, -0.1) is 0 Å². The first-order chi connectivity index (χ1) is 31.7. The lowest BCUT2D eigenvalue weighted by Crippen LogP contribution is -2.25. The van der Waals surface area contributed by atoms with Crippen LogP contribution in [0.1, 0.15) is 303 Å². The van der Waals surface area contributed by atoms with Crippen molar-refractivity contribution in [3.63, 3.8) is 0 Å². The number of hydrogen-bond donors (Lipinski definition) is 3. The zero-order valence-electron chi connectivity index (χ0n) is 48.0. The highest BCUT2D eigenvalue weighted by Crippen LogP contribution is 2.51. The highest BCUT2D eigenvalue weighted by atomic mass is 16.5. The van der Waals surface area contributed by atoms with Gasteiger partial charge in [0, 0.05) is 11.8 Å². The van der Waals surface area contributed by atoms with Crippen LogP contribution in [-0.4, -0.2) is 27.9 Å². The fourth-order valence-corrected chi connectivity index (χ4v) is 10.1. The van der Waals surface area contributed by atoms with E-state index in [0.717, 1.165) is 69.3 Å². The lowest BCUT2D eigenvalue weighted by atomic mass is 9.68. The van der Waals surface area contributed by atoms with Crippen molar-refractivity contribution in [1.82, 2.24) is 0 Å². The maximum absolute atomic E-state index is 14.6. The first-order valence-corrected chi connectivity index (χ1v) is 27.5. The number of benzene rings is 3. The number of hydrogen-bond acceptors (Lipinski definition) is 5. The van der Waals surface area contributed by atoms with Crippen LogP contribution in [0.25, 0.3) is 0 Å². The highest BCUT2D eigenvalue weighted by Gasteiger charge is 2.38. The molecule has 0 amide bonds. The molecule has 0 aliphatic carbocycles. The molecule has 0 saturated carbocycles. The number of esters is 1. The van der Waals surface area contributed by atoms with Gasteiger partial charge in [-0.25, -0.2) is 0 Å². The smallest absolute Gasteiger partial charge is 0.306 e. The van der Waals surface area contributed by atoms with E-state index in [1.807, 2.05) is 0 Å². The van der Waals surface area contributed by atoms with Crippen molar-refractivity contribution in [2.24, 2.45) is 0 Å². The molecule has 3 N–H and O–H groups in total. The third-order valence-corrected chi connectivity index (χ3v) is 14.4. The van der Waals surface area contributed by atoms with E-state index >= 15 is 0 Å². The Bertz CT molecular complexity index is 1890. The van der Waals surface area contributed by atoms with Gasteiger partial charge in [-0.3, -0.25) is 4.79 Å². The molecule has 1 unspecified atom stereocenters. The van der Waals surface area contributed by atoms with Crippen LogP contribution < -0.4 is 0 Å². The second-order valence-corrected chi connectivity index (χ2v) is 27.2. The number of carbonyl (C=O) groups excluding carboxylic acids is 1. The Labute approximate surface area is 424 Å². The number of phenols is 3. The number of ether oxygens (including phenoxy) is 1. The van der Waals surface area contributed by atoms with Gasteiger partial charge < -0.3 is 20.1 Å². The van der Waals surface area contributed by atoms with E-state index in [2.05, 4.69) is 168 Å². The number of unbranched alkanes of at least 4 members (excludes halogenated alkanes) is 15. The molecule has 0 radical (unpaired) electrons. The van der Waals surface area contributed by atoms with E-state index in [1.54, 1.807) is 0 Å². The molecular formula is C64H104O5. The van der Waals surface area contributed by atoms with Gasteiger partial charge in [0.25, 0.3) is 0 Å². The van der Waals surface area contributed by atoms with E-state index < -0.39 is 44.3 Å². The maximum Gasteiger partial charge on any atom is 0.306 e. The monoisotopic (exact) mass is 953 g/mol. The minimum absolute atomic E-state index is 0.106. The maximum atomic E-state index is 14.6. The largest absolute Gasteiger partial charge is 0.507 e. The predicted molar refractivity (Wildman–Crippen MR) is 296 cm³/mol. The number of carbonyl (C=O) groups is 1. The Morgan fingerprint density at radius 2 is 0.623 bits per heavy atom. The Balaban J connectivity index is 2.16. The van der Waals surface area contributed by atoms with Crippen LogP contribution in [-0.2, 0) is 42.0 Å². The fraction of sp³-hybridized carbons (Fsp3) is 0.703. The summed E-state index contributed by atoms with van der Waals surface area (Å²) in [5.74, 6) is -0.197. The summed E-state index contributed by atoms with van der Waals surface area (Å²) >= 11 is 0. The van der Waals surface area contributed by atoms with Crippen molar-refractivity contribution in [3.05, 3.63) is 86.5 Å². The topological polar surface area (TPSA) is 87.0 Å². The van der Waals surface area contributed by atoms with Crippen LogP contribution in [0.2, 0.25) is 0 Å². The van der Waals surface area contributed by atoms with Crippen molar-refractivity contribution in [1.29, 1.82) is 0 Å². The molecule has 5 nitrogen and oxygen atoms in total. The van der Waals surface area contributed by atoms with Crippen molar-refractivity contribution < 1.29 is 24.9 Å². The third-order valence-electron chi connectivity index (χ3n) is 14.4. The lowest BCUT2D eigenvalue weighted by molar-refractivity contribution is -0.144. The molecule has 0 spiro atoms. The van der Waals surface area contributed by atoms with Gasteiger partial charge in [0.2, 0.25) is 0 Å². The summed E-state index contributed by atoms with van der Waals surface area (Å²) in [6.07, 6.45) is 20.7. The van der Waals surface area contributed by atoms with Gasteiger partial charge in [0.05, 0.1) is 13.0 Å². The zero-order chi connectivity index (χ0) is 52.3. The van der Waals surface area contributed by atoms with Crippen molar-refractivity contribution in [2.45, 2.75) is 285 Å². The Morgan fingerprint density at radius 1 is 0.391 bits per heavy atom. The fourth-order valence-electron chi connectivity index (χ4n) is 10.1. The molecule has 3 rings (SSSR count). The van der Waals surface area contributed by atoms with Crippen LogP contribution in [0, 0.1) is 0 Å². The first kappa shape index (κ1) is 59.8. The standard InChI is InChI=1S/C64H104O5/c1-20-21-22-23-24-25-26-27-28-29-30-31-32-33-34-35-36-69-54(65)43-47(44-37-48(59(2,3)4)56(66)49(38-44)60(5,6)7)55(45-39-50(61(8,9)10)57(67)51(40-45)62(11,12)13)46-41-52(63(14,15)16)58(68)53(42-46)64(17,18)19/h37-42,47,55,66-68H,20-36,43H2,1-19H3. The van der Waals surface area contributed by atoms with E-state index in [4.69, 9.17) is 4.74 Å². The van der Waals surface area contributed by atoms with Gasteiger partial charge in [0.15, 0.2) is 0 Å². The molecule has 1 atom stereocenters. The zero-order valence-corrected chi connectivity index (χ0v) is 48.0. The van der Waals surface area contributed by atoms with Crippen molar-refractivity contribution in [2.75, 3.05) is 6.61 Å². The molecule has 390 valence electrons. The summed E-state index contributed by atoms with van der Waals surface area (Å²) in [6, 6.07) is 12.9. The average Bonchev–Trinajstić information content (AvgIpc) is 3.20. The van der Waals surface area contributed by atoms with E-state index in [0.29, 0.717) is 23.9 Å². The summed E-state index contributed by atoms with van der Waals surface area (Å²) < 4.78 is 6.24. The average molecular weight is 954 g/mol. The Hall–Kier alpha value is -3.47. The Morgan fingerprint density at radius 3 is 0.870 bits per heavy atom. The summed E-state index contributed by atoms with van der Waals surface area (Å²) in [6.45, 7) is 41.1. The molecule has 5 heteroatoms. The quantitative estimate of drug-likeness (QED) is 0.0651. The van der Waals surface area contributed by atoms with Crippen LogP contribution in [0.3, 0.4) is 0 Å². The molecular weight excluding hydrogens is 849 g/mol. The second kappa shape index (κ2) is 24.8. The molecule has 0 aromatic heterocycles. The van der Waals surface area contributed by atoms with Gasteiger partial charge in [-0.05, 0) is 89.0 Å². The molecule has 0 aliphatic heterocycles. The molecule has 0 fully saturated rings. The molecule has 0 heterocycles. The summed E-state index contributed by atoms with van der Waals surface area (Å²) in [5.41, 5.74) is 5.62. The highest BCUT2D eigenvalue weighted by molar-refractivity contribution is 5.72. The number of phenolic OH excluding ortho intramolecular Hbond substituents is 3. The van der Waals surface area contributed by atoms with Gasteiger partial charge in [0.1, 0.15) is 17.2 Å². The molecule has 0 saturated heterocycles. The van der Waals surface area contributed by atoms with E-state index in [9.17, 15) is 20.1 Å². The lowest BCUT2D eigenvalue weighted by Gasteiger charge is -2.36. The minimum Gasteiger partial charge on any atom is -0.507 e. The summed E-state index contributed by atoms with van der Waals surface area (Å²) in [4.78, 5) is 14.6. The molecule has 3 aromatic rings. The normalized spacial score (nSPS) is 13.6. The third kappa shape index (κ3) is 17.7. The van der Waals surface area contributed by atoms with E-state index in [-0.39, 0.29) is 12.4 Å².